The number of benzene rings is 2. The van der Waals surface area contributed by atoms with Gasteiger partial charge in [0.05, 0.1) is 0 Å². The van der Waals surface area contributed by atoms with Crippen LogP contribution >= 0.6 is 0 Å². The van der Waals surface area contributed by atoms with E-state index in [0.717, 1.165) is 23.3 Å². The maximum atomic E-state index is 13.4. The van der Waals surface area contributed by atoms with Gasteiger partial charge in [-0.1, -0.05) is 5.57 Å². The van der Waals surface area contributed by atoms with Crippen LogP contribution in [0, 0.1) is 23.3 Å². The molecule has 0 N–H and O–H groups in total. The van der Waals surface area contributed by atoms with Gasteiger partial charge in [0.25, 0.3) is 0 Å². The first-order valence-corrected chi connectivity index (χ1v) is 6.23. The van der Waals surface area contributed by atoms with Crippen LogP contribution in [0.4, 0.5) is 17.6 Å². The van der Waals surface area contributed by atoms with E-state index in [1.165, 1.54) is 12.1 Å². The van der Waals surface area contributed by atoms with Gasteiger partial charge in [-0.25, -0.2) is 17.6 Å². The predicted molar refractivity (Wildman–Crippen MR) is 66.1 cm³/mol. The van der Waals surface area contributed by atoms with Crippen molar-refractivity contribution in [3.8, 4) is 0 Å². The van der Waals surface area contributed by atoms with Crippen LogP contribution in [0.2, 0.25) is 0 Å². The molecule has 2 aliphatic carbocycles. The molecule has 0 heterocycles. The van der Waals surface area contributed by atoms with E-state index in [4.69, 9.17) is 0 Å². The van der Waals surface area contributed by atoms with Crippen molar-refractivity contribution in [1.29, 1.82) is 0 Å². The van der Waals surface area contributed by atoms with Crippen molar-refractivity contribution in [3.05, 3.63) is 75.4 Å². The molecule has 0 unspecified atom stereocenters. The monoisotopic (exact) mass is 276 g/mol. The third kappa shape index (κ3) is 1.42. The summed E-state index contributed by atoms with van der Waals surface area (Å²) in [6.07, 6.45) is 1.000. The first-order chi connectivity index (χ1) is 9.54. The summed E-state index contributed by atoms with van der Waals surface area (Å²) in [6.45, 7) is 0. The molecule has 0 saturated carbocycles. The summed E-state index contributed by atoms with van der Waals surface area (Å²) < 4.78 is 53.4. The molecule has 0 spiro atoms. The van der Waals surface area contributed by atoms with Gasteiger partial charge in [0.15, 0.2) is 23.3 Å². The molecule has 0 aliphatic heterocycles. The fourth-order valence-corrected chi connectivity index (χ4v) is 3.16. The molecule has 20 heavy (non-hydrogen) atoms. The highest BCUT2D eigenvalue weighted by molar-refractivity contribution is 5.91. The smallest absolute Gasteiger partial charge is 0.159 e. The number of hydrogen-bond donors (Lipinski definition) is 0. The second kappa shape index (κ2) is 3.72. The molecular formula is C16H8F4. The summed E-state index contributed by atoms with van der Waals surface area (Å²) in [5, 5.41) is 0. The second-order valence-electron chi connectivity index (χ2n) is 5.18. The highest BCUT2D eigenvalue weighted by Crippen LogP contribution is 2.46. The molecule has 0 amide bonds. The van der Waals surface area contributed by atoms with Crippen molar-refractivity contribution in [3.63, 3.8) is 0 Å². The van der Waals surface area contributed by atoms with Crippen LogP contribution < -0.4 is 0 Å². The standard InChI is InChI=1S/C16H8F4/c17-12-3-7-1-9-2-8-4-13(18)15(20)6-11(8)16(9)10(7)5-14(12)19/h3-6H,1-2H2. The van der Waals surface area contributed by atoms with Crippen LogP contribution in [0.5, 0.6) is 0 Å². The quantitative estimate of drug-likeness (QED) is 0.634. The van der Waals surface area contributed by atoms with Crippen molar-refractivity contribution < 1.29 is 17.6 Å². The van der Waals surface area contributed by atoms with E-state index < -0.39 is 23.3 Å². The van der Waals surface area contributed by atoms with Crippen molar-refractivity contribution in [2.24, 2.45) is 0 Å². The Morgan fingerprint density at radius 3 is 1.45 bits per heavy atom. The van der Waals surface area contributed by atoms with Gasteiger partial charge in [-0.2, -0.15) is 0 Å². The number of allylic oxidation sites excluding steroid dienone is 1. The molecule has 0 nitrogen and oxygen atoms in total. The Bertz CT molecular complexity index is 737. The lowest BCUT2D eigenvalue weighted by Crippen LogP contribution is -1.97. The molecule has 2 aliphatic rings. The number of fused-ring (bicyclic) bond motifs is 4. The summed E-state index contributed by atoms with van der Waals surface area (Å²) in [6, 6.07) is 4.65. The molecule has 0 saturated heterocycles. The van der Waals surface area contributed by atoms with E-state index >= 15 is 0 Å². The van der Waals surface area contributed by atoms with Gasteiger partial charge in [-0.15, -0.1) is 0 Å². The average Bonchev–Trinajstić information content (AvgIpc) is 2.88. The Morgan fingerprint density at radius 1 is 0.600 bits per heavy atom. The summed E-state index contributed by atoms with van der Waals surface area (Å²) in [4.78, 5) is 0. The Hall–Kier alpha value is -2.10. The SMILES string of the molecule is Fc1cc2c(cc1F)C1=C(C2)Cc2cc(F)c(F)cc21. The molecule has 0 fully saturated rings. The molecule has 2 aromatic rings. The lowest BCUT2D eigenvalue weighted by Gasteiger charge is -2.09. The van der Waals surface area contributed by atoms with Crippen molar-refractivity contribution in [2.45, 2.75) is 12.8 Å². The highest BCUT2D eigenvalue weighted by Gasteiger charge is 2.31. The molecule has 4 rings (SSSR count). The minimum atomic E-state index is -0.923. The third-order valence-electron chi connectivity index (χ3n) is 3.99. The molecule has 0 atom stereocenters. The van der Waals surface area contributed by atoms with Crippen molar-refractivity contribution in [2.75, 3.05) is 0 Å². The zero-order chi connectivity index (χ0) is 14.0. The zero-order valence-corrected chi connectivity index (χ0v) is 10.2. The Balaban J connectivity index is 1.94. The van der Waals surface area contributed by atoms with Crippen LogP contribution in [0.15, 0.2) is 29.8 Å². The summed E-state index contributed by atoms with van der Waals surface area (Å²) in [5.74, 6) is -3.60. The largest absolute Gasteiger partial charge is 0.204 e. The summed E-state index contributed by atoms with van der Waals surface area (Å²) in [5.41, 5.74) is 4.26. The van der Waals surface area contributed by atoms with Gasteiger partial charge in [0.2, 0.25) is 0 Å². The van der Waals surface area contributed by atoms with E-state index in [1.807, 2.05) is 0 Å². The molecular weight excluding hydrogens is 268 g/mol. The molecule has 0 aromatic heterocycles. The summed E-state index contributed by atoms with van der Waals surface area (Å²) >= 11 is 0. The van der Waals surface area contributed by atoms with E-state index in [9.17, 15) is 17.6 Å². The van der Waals surface area contributed by atoms with E-state index in [1.54, 1.807) is 0 Å². The number of rotatable bonds is 0. The number of halogens is 4. The topological polar surface area (TPSA) is 0 Å². The molecule has 0 bridgehead atoms. The minimum absolute atomic E-state index is 0.500. The van der Waals surface area contributed by atoms with Gasteiger partial charge in [0.1, 0.15) is 0 Å². The Morgan fingerprint density at radius 2 is 1.00 bits per heavy atom. The first-order valence-electron chi connectivity index (χ1n) is 6.23. The van der Waals surface area contributed by atoms with Gasteiger partial charge >= 0.3 is 0 Å². The minimum Gasteiger partial charge on any atom is -0.204 e. The van der Waals surface area contributed by atoms with E-state index in [-0.39, 0.29) is 0 Å². The highest BCUT2D eigenvalue weighted by atomic mass is 19.2. The lowest BCUT2D eigenvalue weighted by molar-refractivity contribution is 0.506. The maximum Gasteiger partial charge on any atom is 0.159 e. The van der Waals surface area contributed by atoms with E-state index in [0.29, 0.717) is 35.1 Å². The predicted octanol–water partition coefficient (Wildman–Crippen LogP) is 4.16. The lowest BCUT2D eigenvalue weighted by atomic mass is 9.97. The summed E-state index contributed by atoms with van der Waals surface area (Å²) in [7, 11) is 0. The van der Waals surface area contributed by atoms with E-state index in [2.05, 4.69) is 0 Å². The molecule has 2 aromatic carbocycles. The Kier molecular flexibility index (Phi) is 2.18. The second-order valence-corrected chi connectivity index (χ2v) is 5.18. The zero-order valence-electron chi connectivity index (χ0n) is 10.2. The van der Waals surface area contributed by atoms with Crippen molar-refractivity contribution in [1.82, 2.24) is 0 Å². The normalized spacial score (nSPS) is 15.4. The van der Waals surface area contributed by atoms with Crippen LogP contribution in [-0.2, 0) is 12.8 Å². The Labute approximate surface area is 112 Å². The van der Waals surface area contributed by atoms with Gasteiger partial charge in [-0.05, 0) is 64.9 Å². The van der Waals surface area contributed by atoms with Crippen molar-refractivity contribution >= 4 is 5.57 Å². The van der Waals surface area contributed by atoms with Crippen LogP contribution in [0.3, 0.4) is 0 Å². The fourth-order valence-electron chi connectivity index (χ4n) is 3.16. The fraction of sp³-hybridized carbons (Fsp3) is 0.125. The van der Waals surface area contributed by atoms with Crippen LogP contribution in [0.25, 0.3) is 5.57 Å². The molecule has 100 valence electrons. The van der Waals surface area contributed by atoms with Crippen LogP contribution in [0.1, 0.15) is 22.3 Å². The van der Waals surface area contributed by atoms with Crippen LogP contribution in [-0.4, -0.2) is 0 Å². The molecule has 4 heteroatoms. The average molecular weight is 276 g/mol. The van der Waals surface area contributed by atoms with Gasteiger partial charge in [0, 0.05) is 0 Å². The van der Waals surface area contributed by atoms with Gasteiger partial charge in [-0.3, -0.25) is 0 Å². The molecule has 0 radical (unpaired) electrons. The number of hydrogen-bond acceptors (Lipinski definition) is 0. The maximum absolute atomic E-state index is 13.4. The third-order valence-corrected chi connectivity index (χ3v) is 3.99. The first kappa shape index (κ1) is 11.7. The van der Waals surface area contributed by atoms with Gasteiger partial charge < -0.3 is 0 Å².